The van der Waals surface area contributed by atoms with Crippen molar-refractivity contribution in [1.82, 2.24) is 9.78 Å². The predicted octanol–water partition coefficient (Wildman–Crippen LogP) is 2.28. The van der Waals surface area contributed by atoms with Crippen LogP contribution in [0.3, 0.4) is 0 Å². The van der Waals surface area contributed by atoms with Gasteiger partial charge in [-0.1, -0.05) is 25.1 Å². The zero-order chi connectivity index (χ0) is 15.4. The van der Waals surface area contributed by atoms with Gasteiger partial charge in [-0.15, -0.1) is 0 Å². The van der Waals surface area contributed by atoms with Crippen molar-refractivity contribution in [3.05, 3.63) is 57.5 Å². The Morgan fingerprint density at radius 2 is 1.90 bits per heavy atom. The molecule has 2 rings (SSSR count). The zero-order valence-corrected chi connectivity index (χ0v) is 12.4. The standard InChI is InChI=1S/C16H18N2O3/c1-4-13-11(3)14(16(20)21-5-2)17-18(15(13)19)12-9-7-6-8-10-12/h6-10H,4-5H2,1-3H3. The monoisotopic (exact) mass is 286 g/mol. The van der Waals surface area contributed by atoms with Crippen LogP contribution in [0.4, 0.5) is 0 Å². The molecule has 0 radical (unpaired) electrons. The Balaban J connectivity index is 2.69. The summed E-state index contributed by atoms with van der Waals surface area (Å²) < 4.78 is 6.28. The third-order valence-corrected chi connectivity index (χ3v) is 3.28. The van der Waals surface area contributed by atoms with Crippen LogP contribution in [0.5, 0.6) is 0 Å². The number of para-hydroxylation sites is 1. The van der Waals surface area contributed by atoms with E-state index in [4.69, 9.17) is 4.74 Å². The lowest BCUT2D eigenvalue weighted by molar-refractivity contribution is 0.0516. The van der Waals surface area contributed by atoms with Crippen molar-refractivity contribution < 1.29 is 9.53 Å². The number of benzene rings is 1. The van der Waals surface area contributed by atoms with Crippen LogP contribution in [0.25, 0.3) is 5.69 Å². The Labute approximate surface area is 123 Å². The molecule has 21 heavy (non-hydrogen) atoms. The van der Waals surface area contributed by atoms with Gasteiger partial charge in [0.1, 0.15) is 0 Å². The van der Waals surface area contributed by atoms with Crippen molar-refractivity contribution >= 4 is 5.97 Å². The molecule has 0 spiro atoms. The summed E-state index contributed by atoms with van der Waals surface area (Å²) in [5.41, 5.74) is 1.79. The molecule has 1 heterocycles. The highest BCUT2D eigenvalue weighted by Crippen LogP contribution is 2.12. The molecule has 0 saturated carbocycles. The summed E-state index contributed by atoms with van der Waals surface area (Å²) in [6, 6.07) is 9.05. The summed E-state index contributed by atoms with van der Waals surface area (Å²) in [5, 5.41) is 4.20. The quantitative estimate of drug-likeness (QED) is 0.809. The molecule has 5 nitrogen and oxygen atoms in total. The van der Waals surface area contributed by atoms with Crippen LogP contribution in [0.15, 0.2) is 35.1 Å². The van der Waals surface area contributed by atoms with E-state index >= 15 is 0 Å². The fraction of sp³-hybridized carbons (Fsp3) is 0.312. The van der Waals surface area contributed by atoms with Crippen molar-refractivity contribution in [2.75, 3.05) is 6.61 Å². The van der Waals surface area contributed by atoms with Crippen LogP contribution in [-0.4, -0.2) is 22.4 Å². The van der Waals surface area contributed by atoms with E-state index in [-0.39, 0.29) is 17.9 Å². The Kier molecular flexibility index (Phi) is 4.52. The fourth-order valence-corrected chi connectivity index (χ4v) is 2.21. The Morgan fingerprint density at radius 1 is 1.24 bits per heavy atom. The van der Waals surface area contributed by atoms with Crippen molar-refractivity contribution in [3.63, 3.8) is 0 Å². The van der Waals surface area contributed by atoms with E-state index in [1.54, 1.807) is 26.0 Å². The molecule has 0 aliphatic rings. The molecule has 0 fully saturated rings. The molecule has 0 atom stereocenters. The minimum atomic E-state index is -0.505. The van der Waals surface area contributed by atoms with Crippen molar-refractivity contribution in [2.45, 2.75) is 27.2 Å². The summed E-state index contributed by atoms with van der Waals surface area (Å²) in [7, 11) is 0. The fourth-order valence-electron chi connectivity index (χ4n) is 2.21. The molecule has 0 aliphatic carbocycles. The number of hydrogen-bond acceptors (Lipinski definition) is 4. The number of ether oxygens (including phenoxy) is 1. The molecule has 0 unspecified atom stereocenters. The third-order valence-electron chi connectivity index (χ3n) is 3.28. The molecule has 0 bridgehead atoms. The molecule has 1 aromatic heterocycles. The number of hydrogen-bond donors (Lipinski definition) is 0. The van der Waals surface area contributed by atoms with Gasteiger partial charge in [-0.25, -0.2) is 4.79 Å². The van der Waals surface area contributed by atoms with Crippen LogP contribution in [0.1, 0.15) is 35.5 Å². The van der Waals surface area contributed by atoms with Crippen molar-refractivity contribution in [2.24, 2.45) is 0 Å². The van der Waals surface area contributed by atoms with Gasteiger partial charge in [-0.3, -0.25) is 4.79 Å². The number of carbonyl (C=O) groups excluding carboxylic acids is 1. The molecular weight excluding hydrogens is 268 g/mol. The van der Waals surface area contributed by atoms with Crippen LogP contribution in [0, 0.1) is 6.92 Å². The van der Waals surface area contributed by atoms with E-state index in [0.29, 0.717) is 23.2 Å². The minimum absolute atomic E-state index is 0.192. The van der Waals surface area contributed by atoms with Gasteiger partial charge in [-0.2, -0.15) is 9.78 Å². The second-order valence-corrected chi connectivity index (χ2v) is 4.58. The maximum absolute atomic E-state index is 12.5. The molecule has 110 valence electrons. The smallest absolute Gasteiger partial charge is 0.359 e. The highest BCUT2D eigenvalue weighted by atomic mass is 16.5. The molecule has 0 N–H and O–H groups in total. The van der Waals surface area contributed by atoms with Crippen LogP contribution < -0.4 is 5.56 Å². The molecule has 5 heteroatoms. The van der Waals surface area contributed by atoms with E-state index < -0.39 is 5.97 Å². The lowest BCUT2D eigenvalue weighted by Gasteiger charge is -2.12. The van der Waals surface area contributed by atoms with E-state index in [2.05, 4.69) is 5.10 Å². The second kappa shape index (κ2) is 6.35. The Hall–Kier alpha value is -2.43. The zero-order valence-electron chi connectivity index (χ0n) is 12.4. The highest BCUT2D eigenvalue weighted by Gasteiger charge is 2.19. The summed E-state index contributed by atoms with van der Waals surface area (Å²) in [4.78, 5) is 24.5. The Morgan fingerprint density at radius 3 is 2.48 bits per heavy atom. The van der Waals surface area contributed by atoms with Crippen molar-refractivity contribution in [1.29, 1.82) is 0 Å². The molecule has 2 aromatic rings. The predicted molar refractivity (Wildman–Crippen MR) is 79.9 cm³/mol. The summed E-state index contributed by atoms with van der Waals surface area (Å²) in [5.74, 6) is -0.505. The largest absolute Gasteiger partial charge is 0.461 e. The number of rotatable bonds is 4. The van der Waals surface area contributed by atoms with Crippen LogP contribution in [0.2, 0.25) is 0 Å². The van der Waals surface area contributed by atoms with Gasteiger partial charge in [-0.05, 0) is 38.0 Å². The first-order chi connectivity index (χ1) is 10.1. The first-order valence-electron chi connectivity index (χ1n) is 6.95. The number of aromatic nitrogens is 2. The van der Waals surface area contributed by atoms with E-state index in [1.807, 2.05) is 25.1 Å². The topological polar surface area (TPSA) is 61.2 Å². The highest BCUT2D eigenvalue weighted by molar-refractivity contribution is 5.89. The number of nitrogens with zero attached hydrogens (tertiary/aromatic N) is 2. The second-order valence-electron chi connectivity index (χ2n) is 4.58. The van der Waals surface area contributed by atoms with Crippen LogP contribution >= 0.6 is 0 Å². The van der Waals surface area contributed by atoms with E-state index in [0.717, 1.165) is 0 Å². The average molecular weight is 286 g/mol. The maximum atomic E-state index is 12.5. The average Bonchev–Trinajstić information content (AvgIpc) is 2.49. The normalized spacial score (nSPS) is 10.4. The lowest BCUT2D eigenvalue weighted by Crippen LogP contribution is -2.29. The number of carbonyl (C=O) groups is 1. The molecular formula is C16H18N2O3. The van der Waals surface area contributed by atoms with Gasteiger partial charge in [0.15, 0.2) is 5.69 Å². The van der Waals surface area contributed by atoms with Gasteiger partial charge in [0, 0.05) is 5.56 Å². The van der Waals surface area contributed by atoms with Gasteiger partial charge in [0.25, 0.3) is 5.56 Å². The lowest BCUT2D eigenvalue weighted by atomic mass is 10.1. The van der Waals surface area contributed by atoms with Gasteiger partial charge < -0.3 is 4.74 Å². The summed E-state index contributed by atoms with van der Waals surface area (Å²) >= 11 is 0. The first kappa shape index (κ1) is 15.0. The summed E-state index contributed by atoms with van der Waals surface area (Å²) in [6.45, 7) is 5.62. The third kappa shape index (κ3) is 2.86. The number of esters is 1. The van der Waals surface area contributed by atoms with Gasteiger partial charge in [0.05, 0.1) is 12.3 Å². The van der Waals surface area contributed by atoms with E-state index in [9.17, 15) is 9.59 Å². The van der Waals surface area contributed by atoms with Crippen molar-refractivity contribution in [3.8, 4) is 5.69 Å². The molecule has 1 aromatic carbocycles. The molecule has 0 aliphatic heterocycles. The van der Waals surface area contributed by atoms with Gasteiger partial charge in [0.2, 0.25) is 0 Å². The van der Waals surface area contributed by atoms with E-state index in [1.165, 1.54) is 4.68 Å². The maximum Gasteiger partial charge on any atom is 0.359 e. The Bertz CT molecular complexity index is 705. The van der Waals surface area contributed by atoms with Gasteiger partial charge >= 0.3 is 5.97 Å². The SMILES string of the molecule is CCOC(=O)c1nn(-c2ccccc2)c(=O)c(CC)c1C. The minimum Gasteiger partial charge on any atom is -0.461 e. The van der Waals surface area contributed by atoms with Crippen LogP contribution in [-0.2, 0) is 11.2 Å². The molecule has 0 saturated heterocycles. The first-order valence-corrected chi connectivity index (χ1v) is 6.95. The molecule has 0 amide bonds. The summed E-state index contributed by atoms with van der Waals surface area (Å²) in [6.07, 6.45) is 0.534.